The van der Waals surface area contributed by atoms with Crippen LogP contribution in [-0.4, -0.2) is 0 Å². The van der Waals surface area contributed by atoms with Crippen LogP contribution < -0.4 is 19.3 Å². The first kappa shape index (κ1) is 66.8. The predicted molar refractivity (Wildman–Crippen MR) is 456 cm³/mol. The molecule has 6 nitrogen and oxygen atoms in total. The van der Waals surface area contributed by atoms with Crippen molar-refractivity contribution in [1.82, 2.24) is 0 Å². The van der Waals surface area contributed by atoms with Crippen LogP contribution in [0.4, 0.5) is 42.9 Å². The summed E-state index contributed by atoms with van der Waals surface area (Å²) in [6.45, 7) is 12.6. The monoisotopic (exact) mass is 1460 g/mol. The summed E-state index contributed by atoms with van der Waals surface area (Å²) in [5.74, 6) is 2.17. The third kappa shape index (κ3) is 10.4. The number of hydrogen-bond acceptors (Lipinski definition) is 6. The number of para-hydroxylation sites is 4. The molecule has 0 aliphatic heterocycles. The van der Waals surface area contributed by atoms with Gasteiger partial charge in [-0.3, -0.25) is 0 Å². The minimum atomic E-state index is -0.918. The van der Waals surface area contributed by atoms with Crippen molar-refractivity contribution < 1.29 is 27.1 Å². The highest BCUT2D eigenvalue weighted by Crippen LogP contribution is 2.62. The summed E-state index contributed by atoms with van der Waals surface area (Å²) in [6.07, 6.45) is 3.64. The molecule has 0 radical (unpaired) electrons. The van der Waals surface area contributed by atoms with E-state index in [-0.39, 0.29) is 11.6 Å². The van der Waals surface area contributed by atoms with Gasteiger partial charge in [0.05, 0.1) is 22.2 Å². The fraction of sp³-hybridized carbons (Fsp3) is 0.0476. The van der Waals surface area contributed by atoms with Crippen LogP contribution in [0.25, 0.3) is 89.4 Å². The predicted octanol–water partition coefficient (Wildman–Crippen LogP) is 28.6. The average molecular weight is 1460 g/mol. The maximum Gasteiger partial charge on any atom is 0.159 e. The Kier molecular flexibility index (Phi) is 15.3. The summed E-state index contributed by atoms with van der Waals surface area (Å²) in [7, 11) is 0. The van der Waals surface area contributed by atoms with Crippen LogP contribution >= 0.6 is 0 Å². The number of hydrogen-bond donors (Lipinski definition) is 0. The van der Waals surface area contributed by atoms with Crippen molar-refractivity contribution in [2.75, 3.05) is 9.80 Å². The minimum Gasteiger partial charge on any atom is -0.457 e. The largest absolute Gasteiger partial charge is 0.457 e. The Morgan fingerprint density at radius 2 is 0.593 bits per heavy atom. The van der Waals surface area contributed by atoms with Crippen molar-refractivity contribution in [3.63, 3.8) is 0 Å². The van der Waals surface area contributed by atoms with Crippen LogP contribution in [-0.2, 0) is 16.2 Å². The van der Waals surface area contributed by atoms with Gasteiger partial charge in [-0.2, -0.15) is 0 Å². The summed E-state index contributed by atoms with van der Waals surface area (Å²) in [6, 6.07) is 121. The SMILES string of the molecule is C=Cc1ccc(Oc2ccc(C3(c4ccc(F)cc4)c4ccccc4-c4ccc(N(c5ccc6c(c5)C(C)(C)c5cc(N(c7ccc8c(c7)C(c7ccc(F)cc7)(c7ccc(Oc9ccc(C=C)cc9)cc7)c7ccccc7-8)c7cccc8c7oc7ccccc78)ccc5-6)c5cccc6c5oc5ccccc56)cc43)cc2)cc1. The lowest BCUT2D eigenvalue weighted by molar-refractivity contribution is 0.482. The zero-order valence-electron chi connectivity index (χ0n) is 61.8. The number of ether oxygens (including phenoxy) is 2. The van der Waals surface area contributed by atoms with E-state index in [2.05, 4.69) is 243 Å². The molecule has 2 unspecified atom stereocenters. The Hall–Kier alpha value is -14.3. The van der Waals surface area contributed by atoms with E-state index in [1.165, 1.54) is 0 Å². The molecule has 3 aliphatic rings. The first-order valence-corrected chi connectivity index (χ1v) is 38.2. The van der Waals surface area contributed by atoms with Gasteiger partial charge in [0.15, 0.2) is 11.2 Å². The van der Waals surface area contributed by atoms with Gasteiger partial charge in [-0.1, -0.05) is 245 Å². The van der Waals surface area contributed by atoms with E-state index in [1.54, 1.807) is 24.3 Å². The zero-order valence-corrected chi connectivity index (χ0v) is 61.8. The molecule has 18 aromatic rings. The van der Waals surface area contributed by atoms with Crippen molar-refractivity contribution in [3.05, 3.63) is 443 Å². The van der Waals surface area contributed by atoms with Crippen LogP contribution in [0.3, 0.4) is 0 Å². The van der Waals surface area contributed by atoms with Gasteiger partial charge < -0.3 is 28.1 Å². The van der Waals surface area contributed by atoms with Gasteiger partial charge in [0.2, 0.25) is 0 Å². The summed E-state index contributed by atoms with van der Waals surface area (Å²) in [4.78, 5) is 4.73. The van der Waals surface area contributed by atoms with Crippen LogP contribution in [0.15, 0.2) is 374 Å². The van der Waals surface area contributed by atoms with Crippen LogP contribution in [0.5, 0.6) is 23.0 Å². The first-order chi connectivity index (χ1) is 55.4. The van der Waals surface area contributed by atoms with Crippen molar-refractivity contribution in [2.45, 2.75) is 30.1 Å². The van der Waals surface area contributed by atoms with E-state index in [0.29, 0.717) is 23.0 Å². The molecule has 538 valence electrons. The van der Waals surface area contributed by atoms with Gasteiger partial charge in [-0.05, 0) is 246 Å². The van der Waals surface area contributed by atoms with Crippen LogP contribution in [0.2, 0.25) is 0 Å². The standard InChI is InChI=1S/C105H70F2N2O4/c1-5-65-29-49-77(50-30-65)110-79-53-37-69(38-54-79)104(67-33-41-71(106)42-34-67)91-23-11-7-17-81(91)85-59-47-75(63-95(85)104)108(97-25-15-21-89-87-19-9-13-27-99(87)112-101(89)97)73-45-57-83-84-58-46-74(62-94(84)103(3,4)93(83)61-73)109(98-26-16-22-90-88-20-10-14-28-100(88)113-102(90)98)76-48-60-86-82-18-8-12-24-92(82)105(96(86)64-76,68-35-43-72(107)44-36-68)70-39-55-80(56-40-70)111-78-51-31-66(6-2)32-52-78/h5-64H,1-2H2,3-4H3. The lowest BCUT2D eigenvalue weighted by Crippen LogP contribution is -2.29. The number of nitrogens with zero attached hydrogens (tertiary/aromatic N) is 2. The van der Waals surface area contributed by atoms with Crippen molar-refractivity contribution in [1.29, 1.82) is 0 Å². The molecular formula is C105H70F2N2O4. The van der Waals surface area contributed by atoms with Crippen molar-refractivity contribution in [3.8, 4) is 56.4 Å². The molecule has 0 saturated carbocycles. The lowest BCUT2D eigenvalue weighted by atomic mass is 9.67. The molecule has 2 atom stereocenters. The molecule has 0 amide bonds. The van der Waals surface area contributed by atoms with Gasteiger partial charge in [-0.25, -0.2) is 8.78 Å². The number of fused-ring (bicyclic) bond motifs is 15. The maximum absolute atomic E-state index is 15.5. The molecule has 0 saturated heterocycles. The second-order valence-electron chi connectivity index (χ2n) is 30.1. The smallest absolute Gasteiger partial charge is 0.159 e. The number of halogens is 2. The molecule has 8 heteroatoms. The minimum absolute atomic E-state index is 0.314. The van der Waals surface area contributed by atoms with Crippen LogP contribution in [0.1, 0.15) is 80.6 Å². The second kappa shape index (κ2) is 25.9. The highest BCUT2D eigenvalue weighted by Gasteiger charge is 2.49. The Labute approximate surface area is 652 Å². The second-order valence-corrected chi connectivity index (χ2v) is 30.1. The fourth-order valence-electron chi connectivity index (χ4n) is 18.6. The third-order valence-corrected chi connectivity index (χ3v) is 23.8. The number of furan rings is 2. The summed E-state index contributed by atoms with van der Waals surface area (Å²) < 4.78 is 58.1. The number of benzene rings is 16. The zero-order chi connectivity index (χ0) is 75.8. The molecule has 21 rings (SSSR count). The molecule has 0 spiro atoms. The average Bonchev–Trinajstić information content (AvgIpc) is 1.55. The first-order valence-electron chi connectivity index (χ1n) is 38.2. The number of rotatable bonds is 16. The molecule has 0 fully saturated rings. The molecular weight excluding hydrogens is 1390 g/mol. The van der Waals surface area contributed by atoms with E-state index < -0.39 is 16.2 Å². The quantitative estimate of drug-likeness (QED) is 0.0961. The molecule has 3 aliphatic carbocycles. The molecule has 0 N–H and O–H groups in total. The topological polar surface area (TPSA) is 51.2 Å². The highest BCUT2D eigenvalue weighted by molar-refractivity contribution is 6.12. The van der Waals surface area contributed by atoms with Gasteiger partial charge in [0.1, 0.15) is 45.8 Å². The van der Waals surface area contributed by atoms with Gasteiger partial charge in [0, 0.05) is 49.7 Å². The Morgan fingerprint density at radius 1 is 0.292 bits per heavy atom. The summed E-state index contributed by atoms with van der Waals surface area (Å²) in [5.41, 5.74) is 25.1. The maximum atomic E-state index is 15.5. The van der Waals surface area contributed by atoms with E-state index in [0.717, 1.165) is 178 Å². The fourth-order valence-corrected chi connectivity index (χ4v) is 18.6. The third-order valence-electron chi connectivity index (χ3n) is 23.8. The van der Waals surface area contributed by atoms with E-state index in [9.17, 15) is 0 Å². The molecule has 2 aromatic heterocycles. The van der Waals surface area contributed by atoms with Crippen molar-refractivity contribution in [2.24, 2.45) is 0 Å². The number of anilines is 6. The van der Waals surface area contributed by atoms with Crippen LogP contribution in [0, 0.1) is 11.6 Å². The van der Waals surface area contributed by atoms with E-state index in [1.807, 2.05) is 133 Å². The van der Waals surface area contributed by atoms with Gasteiger partial charge in [0.25, 0.3) is 0 Å². The van der Waals surface area contributed by atoms with Gasteiger partial charge >= 0.3 is 0 Å². The van der Waals surface area contributed by atoms with Gasteiger partial charge in [-0.15, -0.1) is 0 Å². The summed E-state index contributed by atoms with van der Waals surface area (Å²) in [5, 5.41) is 4.05. The summed E-state index contributed by atoms with van der Waals surface area (Å²) >= 11 is 0. The van der Waals surface area contributed by atoms with E-state index >= 15 is 8.78 Å². The van der Waals surface area contributed by atoms with Crippen molar-refractivity contribution >= 4 is 90.2 Å². The lowest BCUT2D eigenvalue weighted by Gasteiger charge is -2.35. The molecule has 0 bridgehead atoms. The molecule has 2 heterocycles. The Morgan fingerprint density at radius 3 is 0.965 bits per heavy atom. The Bertz CT molecular complexity index is 6480. The normalized spacial score (nSPS) is 15.3. The molecule has 113 heavy (non-hydrogen) atoms. The Balaban J connectivity index is 0.726. The van der Waals surface area contributed by atoms with E-state index in [4.69, 9.17) is 18.3 Å². The highest BCUT2D eigenvalue weighted by atomic mass is 19.1. The molecule has 16 aromatic carbocycles.